The number of fused-ring (bicyclic) bond motifs is 1. The van der Waals surface area contributed by atoms with Gasteiger partial charge in [-0.05, 0) is 24.6 Å². The Morgan fingerprint density at radius 3 is 2.71 bits per heavy atom. The van der Waals surface area contributed by atoms with Gasteiger partial charge in [-0.1, -0.05) is 55.4 Å². The fourth-order valence-corrected chi connectivity index (χ4v) is 3.64. The summed E-state index contributed by atoms with van der Waals surface area (Å²) in [7, 11) is 0. The van der Waals surface area contributed by atoms with E-state index in [-0.39, 0.29) is 29.6 Å². The molecule has 3 rings (SSSR count). The van der Waals surface area contributed by atoms with Gasteiger partial charge < -0.3 is 5.32 Å². The molecule has 0 aliphatic heterocycles. The fourth-order valence-electron chi connectivity index (χ4n) is 2.79. The molecular formula is C21H22FN3O2S. The number of para-hydroxylation sites is 1. The molecular weight excluding hydrogens is 377 g/mol. The highest BCUT2D eigenvalue weighted by molar-refractivity contribution is 7.99. The van der Waals surface area contributed by atoms with E-state index in [0.717, 1.165) is 12.8 Å². The number of rotatable bonds is 8. The Bertz CT molecular complexity index is 1040. The zero-order chi connectivity index (χ0) is 19.9. The van der Waals surface area contributed by atoms with Gasteiger partial charge in [0.1, 0.15) is 5.82 Å². The topological polar surface area (TPSA) is 64.0 Å². The minimum atomic E-state index is -0.347. The molecule has 0 atom stereocenters. The second-order valence-corrected chi connectivity index (χ2v) is 7.32. The summed E-state index contributed by atoms with van der Waals surface area (Å²) in [6.45, 7) is 2.74. The largest absolute Gasteiger partial charge is 0.351 e. The molecule has 2 aromatic carbocycles. The number of carbonyl (C=O) groups is 1. The van der Waals surface area contributed by atoms with Gasteiger partial charge in [0.2, 0.25) is 5.91 Å². The standard InChI is InChI=1S/C21H22FN3O2S/c1-2-3-12-25-20(27)16-9-5-7-11-18(16)24-21(25)28-14-19(26)23-13-15-8-4-6-10-17(15)22/h4-11H,2-3,12-14H2,1H3,(H,23,26). The number of carbonyl (C=O) groups excluding carboxylic acids is 1. The van der Waals surface area contributed by atoms with Crippen molar-refractivity contribution in [1.29, 1.82) is 0 Å². The van der Waals surface area contributed by atoms with Crippen LogP contribution in [0.25, 0.3) is 10.9 Å². The minimum Gasteiger partial charge on any atom is -0.351 e. The molecule has 1 N–H and O–H groups in total. The SMILES string of the molecule is CCCCn1c(SCC(=O)NCc2ccccc2F)nc2ccccc2c1=O. The van der Waals surface area contributed by atoms with Crippen LogP contribution >= 0.6 is 11.8 Å². The Hall–Kier alpha value is -2.67. The van der Waals surface area contributed by atoms with Crippen molar-refractivity contribution < 1.29 is 9.18 Å². The Labute approximate surface area is 167 Å². The lowest BCUT2D eigenvalue weighted by Gasteiger charge is -2.13. The van der Waals surface area contributed by atoms with E-state index in [2.05, 4.69) is 17.2 Å². The average molecular weight is 399 g/mol. The van der Waals surface area contributed by atoms with Gasteiger partial charge in [-0.2, -0.15) is 0 Å². The molecule has 0 bridgehead atoms. The van der Waals surface area contributed by atoms with E-state index in [1.165, 1.54) is 17.8 Å². The third-order valence-corrected chi connectivity index (χ3v) is 5.30. The van der Waals surface area contributed by atoms with Gasteiger partial charge in [0.25, 0.3) is 5.56 Å². The van der Waals surface area contributed by atoms with E-state index in [1.807, 2.05) is 12.1 Å². The van der Waals surface area contributed by atoms with Crippen molar-refractivity contribution >= 4 is 28.6 Å². The van der Waals surface area contributed by atoms with Gasteiger partial charge in [-0.3, -0.25) is 14.2 Å². The molecule has 0 saturated heterocycles. The van der Waals surface area contributed by atoms with E-state index >= 15 is 0 Å². The number of thioether (sulfide) groups is 1. The molecule has 146 valence electrons. The van der Waals surface area contributed by atoms with E-state index in [4.69, 9.17) is 0 Å². The maximum Gasteiger partial charge on any atom is 0.262 e. The van der Waals surface area contributed by atoms with Gasteiger partial charge >= 0.3 is 0 Å². The third-order valence-electron chi connectivity index (χ3n) is 4.33. The predicted molar refractivity (Wildman–Crippen MR) is 110 cm³/mol. The molecule has 1 heterocycles. The first kappa shape index (κ1) is 20.1. The lowest BCUT2D eigenvalue weighted by Crippen LogP contribution is -2.27. The van der Waals surface area contributed by atoms with E-state index in [0.29, 0.717) is 28.2 Å². The average Bonchev–Trinajstić information content (AvgIpc) is 2.71. The Balaban J connectivity index is 1.73. The Kier molecular flexibility index (Phi) is 6.81. The minimum absolute atomic E-state index is 0.0895. The molecule has 1 aromatic heterocycles. The zero-order valence-corrected chi connectivity index (χ0v) is 16.5. The molecule has 7 heteroatoms. The molecule has 1 amide bonds. The van der Waals surface area contributed by atoms with Gasteiger partial charge in [0.05, 0.1) is 16.7 Å². The highest BCUT2D eigenvalue weighted by atomic mass is 32.2. The molecule has 0 fully saturated rings. The number of amides is 1. The maximum atomic E-state index is 13.7. The number of benzene rings is 2. The van der Waals surface area contributed by atoms with Crippen LogP contribution < -0.4 is 10.9 Å². The number of nitrogens with zero attached hydrogens (tertiary/aromatic N) is 2. The Morgan fingerprint density at radius 2 is 1.93 bits per heavy atom. The van der Waals surface area contributed by atoms with Crippen molar-refractivity contribution in [3.63, 3.8) is 0 Å². The Morgan fingerprint density at radius 1 is 1.18 bits per heavy atom. The van der Waals surface area contributed by atoms with Gasteiger partial charge in [-0.15, -0.1) is 0 Å². The quantitative estimate of drug-likeness (QED) is 0.463. The molecule has 0 saturated carbocycles. The number of aromatic nitrogens is 2. The van der Waals surface area contributed by atoms with Crippen molar-refractivity contribution in [3.8, 4) is 0 Å². The molecule has 5 nitrogen and oxygen atoms in total. The molecule has 3 aromatic rings. The van der Waals surface area contributed by atoms with E-state index in [9.17, 15) is 14.0 Å². The van der Waals surface area contributed by atoms with Crippen LogP contribution in [0.4, 0.5) is 4.39 Å². The number of nitrogens with one attached hydrogen (secondary N) is 1. The summed E-state index contributed by atoms with van der Waals surface area (Å²) in [6.07, 6.45) is 1.81. The van der Waals surface area contributed by atoms with Crippen LogP contribution in [0.5, 0.6) is 0 Å². The van der Waals surface area contributed by atoms with E-state index < -0.39 is 0 Å². The molecule has 0 radical (unpaired) electrons. The lowest BCUT2D eigenvalue weighted by atomic mass is 10.2. The maximum absolute atomic E-state index is 13.7. The van der Waals surface area contributed by atoms with Gasteiger partial charge in [0.15, 0.2) is 5.16 Å². The van der Waals surface area contributed by atoms with Gasteiger partial charge in [-0.25, -0.2) is 9.37 Å². The highest BCUT2D eigenvalue weighted by Crippen LogP contribution is 2.18. The molecule has 0 aliphatic rings. The summed E-state index contributed by atoms with van der Waals surface area (Å²) in [5.74, 6) is -0.483. The van der Waals surface area contributed by atoms with Crippen LogP contribution in [-0.4, -0.2) is 21.2 Å². The van der Waals surface area contributed by atoms with Crippen molar-refractivity contribution in [2.24, 2.45) is 0 Å². The summed E-state index contributed by atoms with van der Waals surface area (Å²) in [5.41, 5.74) is 0.965. The monoisotopic (exact) mass is 399 g/mol. The van der Waals surface area contributed by atoms with Crippen LogP contribution in [0.15, 0.2) is 58.5 Å². The van der Waals surface area contributed by atoms with Gasteiger partial charge in [0, 0.05) is 18.7 Å². The van der Waals surface area contributed by atoms with Crippen molar-refractivity contribution in [1.82, 2.24) is 14.9 Å². The number of hydrogen-bond donors (Lipinski definition) is 1. The van der Waals surface area contributed by atoms with Crippen LogP contribution in [-0.2, 0) is 17.9 Å². The summed E-state index contributed by atoms with van der Waals surface area (Å²) < 4.78 is 15.3. The molecule has 0 aliphatic carbocycles. The second-order valence-electron chi connectivity index (χ2n) is 6.38. The summed E-state index contributed by atoms with van der Waals surface area (Å²) in [6, 6.07) is 13.5. The normalized spacial score (nSPS) is 10.9. The molecule has 28 heavy (non-hydrogen) atoms. The summed E-state index contributed by atoms with van der Waals surface area (Å²) >= 11 is 1.22. The van der Waals surface area contributed by atoms with Crippen LogP contribution in [0.2, 0.25) is 0 Å². The molecule has 0 spiro atoms. The van der Waals surface area contributed by atoms with Crippen molar-refractivity contribution in [3.05, 3.63) is 70.3 Å². The first-order valence-corrected chi connectivity index (χ1v) is 10.2. The van der Waals surface area contributed by atoms with E-state index in [1.54, 1.807) is 34.9 Å². The summed E-state index contributed by atoms with van der Waals surface area (Å²) in [5, 5.41) is 3.81. The summed E-state index contributed by atoms with van der Waals surface area (Å²) in [4.78, 5) is 29.6. The third kappa shape index (κ3) is 4.78. The number of halogens is 1. The highest BCUT2D eigenvalue weighted by Gasteiger charge is 2.13. The van der Waals surface area contributed by atoms with Crippen molar-refractivity contribution in [2.75, 3.05) is 5.75 Å². The number of unbranched alkanes of at least 4 members (excludes halogenated alkanes) is 1. The second kappa shape index (κ2) is 9.50. The molecule has 0 unspecified atom stereocenters. The van der Waals surface area contributed by atoms with Crippen LogP contribution in [0.1, 0.15) is 25.3 Å². The van der Waals surface area contributed by atoms with Crippen LogP contribution in [0, 0.1) is 5.82 Å². The predicted octanol–water partition coefficient (Wildman–Crippen LogP) is 3.74. The zero-order valence-electron chi connectivity index (χ0n) is 15.7. The lowest BCUT2D eigenvalue weighted by molar-refractivity contribution is -0.118. The van der Waals surface area contributed by atoms with Crippen molar-refractivity contribution in [2.45, 2.75) is 38.0 Å². The fraction of sp³-hybridized carbons (Fsp3) is 0.286. The first-order chi connectivity index (χ1) is 13.6. The first-order valence-electron chi connectivity index (χ1n) is 9.22. The number of hydrogen-bond acceptors (Lipinski definition) is 4. The van der Waals surface area contributed by atoms with Crippen LogP contribution in [0.3, 0.4) is 0 Å². The smallest absolute Gasteiger partial charge is 0.262 e.